The number of rotatable bonds is 7. The van der Waals surface area contributed by atoms with Crippen LogP contribution in [0.4, 0.5) is 5.69 Å². The van der Waals surface area contributed by atoms with E-state index in [0.717, 1.165) is 29.8 Å². The van der Waals surface area contributed by atoms with Crippen LogP contribution in [0.15, 0.2) is 216 Å². The summed E-state index contributed by atoms with van der Waals surface area (Å²) in [6.45, 7) is 4.82. The van der Waals surface area contributed by atoms with Crippen molar-refractivity contribution in [3.05, 3.63) is 250 Å². The molecule has 0 aliphatic heterocycles. The Morgan fingerprint density at radius 2 is 1.20 bits per heavy atom. The molecule has 5 aliphatic rings. The number of nitrogens with zero attached hydrogens (tertiary/aromatic N) is 1. The van der Waals surface area contributed by atoms with Gasteiger partial charge in [0.1, 0.15) is 0 Å². The molecular formula is C55H41N. The highest BCUT2D eigenvalue weighted by atomic mass is 15.2. The molecule has 0 radical (unpaired) electrons. The zero-order valence-corrected chi connectivity index (χ0v) is 31.8. The molecular weight excluding hydrogens is 675 g/mol. The molecule has 266 valence electrons. The summed E-state index contributed by atoms with van der Waals surface area (Å²) in [6, 6.07) is 56.0. The Morgan fingerprint density at radius 3 is 1.91 bits per heavy atom. The highest BCUT2D eigenvalue weighted by Crippen LogP contribution is 2.60. The van der Waals surface area contributed by atoms with E-state index in [0.29, 0.717) is 0 Å². The van der Waals surface area contributed by atoms with Gasteiger partial charge in [-0.25, -0.2) is 0 Å². The van der Waals surface area contributed by atoms with Gasteiger partial charge in [-0.2, -0.15) is 0 Å². The van der Waals surface area contributed by atoms with Crippen molar-refractivity contribution >= 4 is 16.8 Å². The van der Waals surface area contributed by atoms with Gasteiger partial charge in [-0.1, -0.05) is 177 Å². The summed E-state index contributed by atoms with van der Waals surface area (Å²) in [6.07, 6.45) is 15.7. The first kappa shape index (κ1) is 32.7. The largest absolute Gasteiger partial charge is 0.307 e. The predicted molar refractivity (Wildman–Crippen MR) is 233 cm³/mol. The third kappa shape index (κ3) is 4.75. The lowest BCUT2D eigenvalue weighted by Gasteiger charge is -2.37. The first-order valence-corrected chi connectivity index (χ1v) is 19.9. The van der Waals surface area contributed by atoms with Crippen LogP contribution >= 0.6 is 0 Å². The number of hydrogen-bond donors (Lipinski definition) is 0. The average molecular weight is 716 g/mol. The van der Waals surface area contributed by atoms with Crippen LogP contribution in [0.1, 0.15) is 60.1 Å². The maximum atomic E-state index is 3.82. The van der Waals surface area contributed by atoms with Gasteiger partial charge in [0.2, 0.25) is 0 Å². The van der Waals surface area contributed by atoms with Gasteiger partial charge in [0.05, 0.1) is 11.1 Å². The summed E-state index contributed by atoms with van der Waals surface area (Å²) in [4.78, 5) is 2.43. The molecule has 1 heteroatoms. The topological polar surface area (TPSA) is 3.24 Å². The van der Waals surface area contributed by atoms with E-state index >= 15 is 0 Å². The van der Waals surface area contributed by atoms with Crippen LogP contribution in [-0.4, -0.2) is 0 Å². The van der Waals surface area contributed by atoms with Crippen LogP contribution in [0.2, 0.25) is 0 Å². The number of anilines is 1. The van der Waals surface area contributed by atoms with E-state index in [1.54, 1.807) is 0 Å². The minimum atomic E-state index is -0.451. The molecule has 0 amide bonds. The molecule has 0 spiro atoms. The number of benzene rings is 6. The van der Waals surface area contributed by atoms with Crippen molar-refractivity contribution in [3.8, 4) is 22.3 Å². The number of hydrogen-bond acceptors (Lipinski definition) is 1. The molecule has 56 heavy (non-hydrogen) atoms. The smallest absolute Gasteiger partial charge is 0.0894 e. The molecule has 11 rings (SSSR count). The Morgan fingerprint density at radius 1 is 0.554 bits per heavy atom. The first-order chi connectivity index (χ1) is 27.5. The molecule has 0 saturated carbocycles. The number of allylic oxidation sites excluding steroid dienone is 9. The van der Waals surface area contributed by atoms with Gasteiger partial charge in [-0.05, 0) is 109 Å². The van der Waals surface area contributed by atoms with Crippen molar-refractivity contribution in [3.63, 3.8) is 0 Å². The van der Waals surface area contributed by atoms with Gasteiger partial charge in [0.15, 0.2) is 0 Å². The van der Waals surface area contributed by atoms with E-state index in [-0.39, 0.29) is 5.41 Å². The first-order valence-electron chi connectivity index (χ1n) is 19.9. The zero-order chi connectivity index (χ0) is 37.4. The monoisotopic (exact) mass is 715 g/mol. The second-order valence-corrected chi connectivity index (χ2v) is 16.1. The maximum Gasteiger partial charge on any atom is 0.0894 e. The zero-order valence-electron chi connectivity index (χ0n) is 31.8. The summed E-state index contributed by atoms with van der Waals surface area (Å²) < 4.78 is 0. The van der Waals surface area contributed by atoms with Crippen molar-refractivity contribution in [1.29, 1.82) is 0 Å². The van der Waals surface area contributed by atoms with E-state index in [1.807, 2.05) is 0 Å². The normalized spacial score (nSPS) is 17.5. The summed E-state index contributed by atoms with van der Waals surface area (Å²) in [7, 11) is 0. The van der Waals surface area contributed by atoms with Gasteiger partial charge in [-0.3, -0.25) is 0 Å². The maximum absolute atomic E-state index is 3.82. The predicted octanol–water partition coefficient (Wildman–Crippen LogP) is 13.5. The standard InChI is InChI=1S/C55H41N/c1-54(2)50-23-13-20-46(50)49-33-28-42(36-53(49)54)55(51-21-11-9-18-47(51)48-19-10-12-22-52(48)55)41-27-32-45(35-41)56(44-31-26-40(34-44)38-16-7-4-8-17-38)43-29-24-39(25-30-43)37-14-5-3-6-15-37/h3-19,21-33,36H,20,35H2,1-2H3. The van der Waals surface area contributed by atoms with Gasteiger partial charge in [0.25, 0.3) is 0 Å². The lowest BCUT2D eigenvalue weighted by Crippen LogP contribution is -2.31. The molecule has 0 saturated heterocycles. The molecule has 0 fully saturated rings. The Bertz CT molecular complexity index is 2780. The molecule has 0 atom stereocenters. The lowest BCUT2D eigenvalue weighted by atomic mass is 9.65. The fourth-order valence-corrected chi connectivity index (χ4v) is 10.2. The Balaban J connectivity index is 1.06. The van der Waals surface area contributed by atoms with Crippen LogP contribution in [0, 0.1) is 0 Å². The molecule has 0 N–H and O–H groups in total. The Labute approximate surface area is 330 Å². The second-order valence-electron chi connectivity index (χ2n) is 16.1. The van der Waals surface area contributed by atoms with Crippen LogP contribution < -0.4 is 4.90 Å². The third-order valence-electron chi connectivity index (χ3n) is 12.9. The molecule has 0 heterocycles. The van der Waals surface area contributed by atoms with Crippen molar-refractivity contribution < 1.29 is 0 Å². The molecule has 0 bridgehead atoms. The fraction of sp³-hybridized carbons (Fsp3) is 0.109. The Kier molecular flexibility index (Phi) is 7.27. The van der Waals surface area contributed by atoms with Crippen LogP contribution in [-0.2, 0) is 10.8 Å². The highest BCUT2D eigenvalue weighted by Gasteiger charge is 2.49. The minimum absolute atomic E-state index is 0.0488. The fourth-order valence-electron chi connectivity index (χ4n) is 10.2. The lowest BCUT2D eigenvalue weighted by molar-refractivity contribution is 0.648. The van der Waals surface area contributed by atoms with E-state index in [1.165, 1.54) is 78.1 Å². The van der Waals surface area contributed by atoms with Gasteiger partial charge >= 0.3 is 0 Å². The molecule has 6 aromatic carbocycles. The Hall–Kier alpha value is -6.66. The molecule has 1 nitrogen and oxygen atoms in total. The number of fused-ring (bicyclic) bond motifs is 5. The SMILES string of the molecule is CC1(C)C2=C(CC=C2)c2ccc(C3(C4=CC=C(N(C5=C=C(c6ccccc6)C=C5)c5ccc(-c6ccccc6)cc5)C4)c4ccccc4-c4ccccc43)cc21. The van der Waals surface area contributed by atoms with E-state index < -0.39 is 5.41 Å². The molecule has 0 aromatic heterocycles. The van der Waals surface area contributed by atoms with Crippen LogP contribution in [0.3, 0.4) is 0 Å². The van der Waals surface area contributed by atoms with Gasteiger partial charge in [0, 0.05) is 28.8 Å². The van der Waals surface area contributed by atoms with Gasteiger partial charge < -0.3 is 4.90 Å². The molecule has 5 aliphatic carbocycles. The molecule has 6 aromatic rings. The third-order valence-corrected chi connectivity index (χ3v) is 12.9. The quantitative estimate of drug-likeness (QED) is 0.149. The molecule has 0 unspecified atom stereocenters. The van der Waals surface area contributed by atoms with Crippen molar-refractivity contribution in [1.82, 2.24) is 0 Å². The minimum Gasteiger partial charge on any atom is -0.307 e. The van der Waals surface area contributed by atoms with Crippen molar-refractivity contribution in [2.75, 3.05) is 4.90 Å². The van der Waals surface area contributed by atoms with Crippen LogP contribution in [0.5, 0.6) is 0 Å². The van der Waals surface area contributed by atoms with Crippen molar-refractivity contribution in [2.45, 2.75) is 37.5 Å². The van der Waals surface area contributed by atoms with E-state index in [2.05, 4.69) is 213 Å². The van der Waals surface area contributed by atoms with Crippen molar-refractivity contribution in [2.24, 2.45) is 0 Å². The highest BCUT2D eigenvalue weighted by molar-refractivity contribution is 5.89. The summed E-state index contributed by atoms with van der Waals surface area (Å²) >= 11 is 0. The van der Waals surface area contributed by atoms with Crippen LogP contribution in [0.25, 0.3) is 33.4 Å². The summed E-state index contributed by atoms with van der Waals surface area (Å²) in [5.74, 6) is 0. The van der Waals surface area contributed by atoms with Gasteiger partial charge in [-0.15, -0.1) is 0 Å². The summed E-state index contributed by atoms with van der Waals surface area (Å²) in [5.41, 5.74) is 25.4. The van der Waals surface area contributed by atoms with E-state index in [4.69, 9.17) is 0 Å². The average Bonchev–Trinajstić information content (AvgIpc) is 4.10. The van der Waals surface area contributed by atoms with E-state index in [9.17, 15) is 0 Å². The second kappa shape index (κ2) is 12.4. The summed E-state index contributed by atoms with van der Waals surface area (Å²) in [5, 5.41) is 0.